The highest BCUT2D eigenvalue weighted by atomic mass is 19.4. The lowest BCUT2D eigenvalue weighted by molar-refractivity contribution is -0.214. The second kappa shape index (κ2) is 11.8. The maximum absolute atomic E-state index is 14.1. The predicted molar refractivity (Wildman–Crippen MR) is 131 cm³/mol. The molecule has 1 aliphatic heterocycles. The van der Waals surface area contributed by atoms with Crippen molar-refractivity contribution < 1.29 is 54.1 Å². The Morgan fingerprint density at radius 2 is 1.91 bits per heavy atom. The van der Waals surface area contributed by atoms with E-state index in [9.17, 15) is 44.7 Å². The number of ether oxygens (including phenoxy) is 1. The van der Waals surface area contributed by atoms with Crippen molar-refractivity contribution in [1.29, 1.82) is 0 Å². The van der Waals surface area contributed by atoms with Crippen LogP contribution in [0.25, 0.3) is 5.65 Å². The fraction of sp³-hybridized carbons (Fsp3) is 0.583. The summed E-state index contributed by atoms with van der Waals surface area (Å²) in [5, 5.41) is 14.1. The lowest BCUT2D eigenvalue weighted by Gasteiger charge is -2.38. The molecule has 3 amide bonds. The molecule has 0 spiro atoms. The number of carbonyl (C=O) groups excluding carboxylic acids is 2. The van der Waals surface area contributed by atoms with Crippen molar-refractivity contribution in [1.82, 2.24) is 40.4 Å². The first-order valence-corrected chi connectivity index (χ1v) is 12.9. The summed E-state index contributed by atoms with van der Waals surface area (Å²) in [6.45, 7) is -0.146. The number of rotatable bonds is 10. The summed E-state index contributed by atoms with van der Waals surface area (Å²) in [5.74, 6) is -4.67. The van der Waals surface area contributed by atoms with E-state index in [4.69, 9.17) is 4.74 Å². The van der Waals surface area contributed by atoms with Crippen LogP contribution in [0.4, 0.5) is 39.9 Å². The third kappa shape index (κ3) is 6.99. The van der Waals surface area contributed by atoms with Crippen LogP contribution in [0.15, 0.2) is 23.1 Å². The van der Waals surface area contributed by atoms with Crippen LogP contribution in [0.5, 0.6) is 0 Å². The second-order valence-corrected chi connectivity index (χ2v) is 10.8. The van der Waals surface area contributed by atoms with E-state index in [1.807, 2.05) is 0 Å². The quantitative estimate of drug-likeness (QED) is 0.312. The Morgan fingerprint density at radius 1 is 1.20 bits per heavy atom. The van der Waals surface area contributed by atoms with Crippen LogP contribution in [0.1, 0.15) is 66.2 Å². The molecule has 0 radical (unpaired) electrons. The van der Waals surface area contributed by atoms with Crippen molar-refractivity contribution in [3.8, 4) is 0 Å². The number of fused-ring (bicyclic) bond motifs is 1. The van der Waals surface area contributed by atoms with E-state index in [-0.39, 0.29) is 23.5 Å². The first kappa shape index (κ1) is 32.8. The normalized spacial score (nSPS) is 17.4. The van der Waals surface area contributed by atoms with Gasteiger partial charge in [-0.1, -0.05) is 13.8 Å². The van der Waals surface area contributed by atoms with E-state index in [0.717, 1.165) is 23.3 Å². The van der Waals surface area contributed by atoms with Crippen molar-refractivity contribution >= 4 is 17.6 Å². The summed E-state index contributed by atoms with van der Waals surface area (Å²) >= 11 is 0. The summed E-state index contributed by atoms with van der Waals surface area (Å²) in [7, 11) is 1.29. The Kier molecular flexibility index (Phi) is 8.78. The maximum atomic E-state index is 14.1. The Bertz CT molecular complexity index is 1500. The van der Waals surface area contributed by atoms with E-state index in [1.54, 1.807) is 0 Å². The van der Waals surface area contributed by atoms with Crippen LogP contribution >= 0.6 is 0 Å². The molecule has 4 heterocycles. The minimum Gasteiger partial charge on any atom is -0.382 e. The third-order valence-electron chi connectivity index (χ3n) is 7.07. The molecule has 242 valence electrons. The zero-order chi connectivity index (χ0) is 32.7. The minimum atomic E-state index is -5.11. The van der Waals surface area contributed by atoms with Crippen LogP contribution in [0.3, 0.4) is 0 Å². The SMILES string of the molecule is COCC(c1cnn2cc(C(CCC(C)(C)C(F)(F)F)NC(=O)c3nonc3C(F)(F)F)nc2c1)N1CC(F)(F)CNC1=O. The predicted octanol–water partition coefficient (Wildman–Crippen LogP) is 4.32. The molecular formula is C24H26F8N8O4. The molecule has 4 rings (SSSR count). The van der Waals surface area contributed by atoms with Gasteiger partial charge in [0.1, 0.15) is 0 Å². The van der Waals surface area contributed by atoms with Crippen LogP contribution in [-0.4, -0.2) is 80.7 Å². The topological polar surface area (TPSA) is 140 Å². The van der Waals surface area contributed by atoms with Crippen molar-refractivity contribution in [2.24, 2.45) is 5.41 Å². The monoisotopic (exact) mass is 642 g/mol. The standard InChI is InChI=1S/C24H26F8N8O4/c1-21(2,24(30,31)32)5-4-13(36-19(41)17-18(23(27,28)29)38-44-37-17)14-8-40-16(35-14)6-12(7-34-40)15(9-43-3)39-11-22(25,26)10-33-20(39)42/h6-8,13,15H,4-5,9-11H2,1-3H3,(H,33,42)(H,36,41). The molecule has 20 heteroatoms. The molecule has 3 aromatic rings. The van der Waals surface area contributed by atoms with Gasteiger partial charge in [0.15, 0.2) is 5.65 Å². The van der Waals surface area contributed by atoms with Crippen LogP contribution in [0.2, 0.25) is 0 Å². The number of methoxy groups -OCH3 is 1. The van der Waals surface area contributed by atoms with Crippen molar-refractivity contribution in [3.05, 3.63) is 41.1 Å². The molecular weight excluding hydrogens is 616 g/mol. The molecule has 3 aromatic heterocycles. The molecule has 1 aliphatic rings. The van der Waals surface area contributed by atoms with Gasteiger partial charge in [0.25, 0.3) is 11.8 Å². The highest BCUT2D eigenvalue weighted by Gasteiger charge is 2.47. The first-order chi connectivity index (χ1) is 20.3. The number of imidazole rings is 1. The van der Waals surface area contributed by atoms with Gasteiger partial charge < -0.3 is 20.3 Å². The van der Waals surface area contributed by atoms with Gasteiger partial charge in [0.05, 0.1) is 55.3 Å². The molecule has 44 heavy (non-hydrogen) atoms. The largest absolute Gasteiger partial charge is 0.439 e. The molecule has 2 unspecified atom stereocenters. The summed E-state index contributed by atoms with van der Waals surface area (Å²) < 4.78 is 119. The number of aromatic nitrogens is 5. The van der Waals surface area contributed by atoms with Gasteiger partial charge in [-0.3, -0.25) is 4.79 Å². The van der Waals surface area contributed by atoms with E-state index < -0.39 is 85.0 Å². The van der Waals surface area contributed by atoms with Crippen LogP contribution in [-0.2, 0) is 10.9 Å². The fourth-order valence-corrected chi connectivity index (χ4v) is 4.41. The van der Waals surface area contributed by atoms with Crippen LogP contribution in [0, 0.1) is 5.41 Å². The van der Waals surface area contributed by atoms with Crippen molar-refractivity contribution in [3.63, 3.8) is 0 Å². The zero-order valence-corrected chi connectivity index (χ0v) is 23.3. The van der Waals surface area contributed by atoms with Gasteiger partial charge in [0, 0.05) is 12.7 Å². The second-order valence-electron chi connectivity index (χ2n) is 10.8. The number of nitrogens with zero attached hydrogens (tertiary/aromatic N) is 6. The average molecular weight is 643 g/mol. The number of hydrogen-bond acceptors (Lipinski definition) is 8. The Balaban J connectivity index is 1.68. The first-order valence-electron chi connectivity index (χ1n) is 12.9. The van der Waals surface area contributed by atoms with E-state index in [2.05, 4.69) is 35.7 Å². The van der Waals surface area contributed by atoms with E-state index in [1.165, 1.54) is 25.6 Å². The maximum Gasteiger partial charge on any atom is 0.439 e. The van der Waals surface area contributed by atoms with E-state index >= 15 is 0 Å². The molecule has 2 N–H and O–H groups in total. The minimum absolute atomic E-state index is 0.0243. The number of amides is 3. The molecule has 0 saturated carbocycles. The lowest BCUT2D eigenvalue weighted by atomic mass is 9.85. The Morgan fingerprint density at radius 3 is 2.55 bits per heavy atom. The average Bonchev–Trinajstić information content (AvgIpc) is 3.58. The highest BCUT2D eigenvalue weighted by Crippen LogP contribution is 2.42. The van der Waals surface area contributed by atoms with Crippen molar-refractivity contribution in [2.45, 2.75) is 57.0 Å². The van der Waals surface area contributed by atoms with Gasteiger partial charge >= 0.3 is 18.4 Å². The van der Waals surface area contributed by atoms with Crippen LogP contribution < -0.4 is 10.6 Å². The number of halogens is 8. The van der Waals surface area contributed by atoms with Gasteiger partial charge in [-0.2, -0.15) is 31.4 Å². The zero-order valence-electron chi connectivity index (χ0n) is 23.3. The number of urea groups is 1. The molecule has 1 fully saturated rings. The number of carbonyl (C=O) groups is 2. The van der Waals surface area contributed by atoms with Gasteiger partial charge in [0.2, 0.25) is 11.4 Å². The number of hydrogen-bond donors (Lipinski definition) is 2. The Labute approximate surface area is 243 Å². The smallest absolute Gasteiger partial charge is 0.382 e. The summed E-state index contributed by atoms with van der Waals surface area (Å²) in [5.41, 5.74) is -5.07. The number of alkyl halides is 8. The van der Waals surface area contributed by atoms with Gasteiger partial charge in [-0.15, -0.1) is 0 Å². The van der Waals surface area contributed by atoms with Gasteiger partial charge in [-0.25, -0.2) is 27.7 Å². The molecule has 2 atom stereocenters. The van der Waals surface area contributed by atoms with Crippen molar-refractivity contribution in [2.75, 3.05) is 26.8 Å². The van der Waals surface area contributed by atoms with Gasteiger partial charge in [-0.05, 0) is 29.2 Å². The Hall–Kier alpha value is -4.10. The fourth-order valence-electron chi connectivity index (χ4n) is 4.41. The third-order valence-corrected chi connectivity index (χ3v) is 7.07. The number of nitrogens with one attached hydrogen (secondary N) is 2. The molecule has 12 nitrogen and oxygen atoms in total. The van der Waals surface area contributed by atoms with E-state index in [0.29, 0.717) is 0 Å². The lowest BCUT2D eigenvalue weighted by Crippen LogP contribution is -2.58. The summed E-state index contributed by atoms with van der Waals surface area (Å²) in [4.78, 5) is 30.4. The molecule has 0 aliphatic carbocycles. The molecule has 0 aromatic carbocycles. The summed E-state index contributed by atoms with van der Waals surface area (Å²) in [6.07, 6.45) is -8.31. The highest BCUT2D eigenvalue weighted by molar-refractivity contribution is 5.93. The molecule has 0 bridgehead atoms. The summed E-state index contributed by atoms with van der Waals surface area (Å²) in [6, 6.07) is -1.85. The molecule has 1 saturated heterocycles.